The minimum absolute atomic E-state index is 0.0489. The number of rotatable bonds is 4. The van der Waals surface area contributed by atoms with E-state index in [1.807, 2.05) is 38.1 Å². The first-order valence-electron chi connectivity index (χ1n) is 6.66. The molecule has 0 aliphatic rings. The first-order valence-corrected chi connectivity index (χ1v) is 6.66. The van der Waals surface area contributed by atoms with E-state index in [2.05, 4.69) is 10.3 Å². The van der Waals surface area contributed by atoms with Crippen molar-refractivity contribution in [1.82, 2.24) is 4.98 Å². The van der Waals surface area contributed by atoms with Gasteiger partial charge in [0.05, 0.1) is 17.4 Å². The second-order valence-electron chi connectivity index (χ2n) is 4.65. The highest BCUT2D eigenvalue weighted by molar-refractivity contribution is 6.09. The molecule has 4 heteroatoms. The quantitative estimate of drug-likeness (QED) is 0.927. The summed E-state index contributed by atoms with van der Waals surface area (Å²) in [5, 5.41) is 3.16. The van der Waals surface area contributed by atoms with Gasteiger partial charge < -0.3 is 10.2 Å². The molecule has 0 aliphatic heterocycles. The Bertz CT molecular complexity index is 593. The van der Waals surface area contributed by atoms with Gasteiger partial charge in [-0.1, -0.05) is 17.7 Å². The van der Waals surface area contributed by atoms with E-state index in [4.69, 9.17) is 0 Å². The third-order valence-electron chi connectivity index (χ3n) is 3.14. The molecule has 0 unspecified atom stereocenters. The summed E-state index contributed by atoms with van der Waals surface area (Å²) in [6.07, 6.45) is 3.32. The van der Waals surface area contributed by atoms with Crippen LogP contribution in [0.15, 0.2) is 42.7 Å². The number of pyridine rings is 1. The summed E-state index contributed by atoms with van der Waals surface area (Å²) >= 11 is 0. The highest BCUT2D eigenvalue weighted by Crippen LogP contribution is 2.20. The Hall–Kier alpha value is -2.36. The van der Waals surface area contributed by atoms with Crippen molar-refractivity contribution in [3.05, 3.63) is 53.9 Å². The zero-order chi connectivity index (χ0) is 14.5. The van der Waals surface area contributed by atoms with Gasteiger partial charge in [0.2, 0.25) is 0 Å². The van der Waals surface area contributed by atoms with Gasteiger partial charge in [0.15, 0.2) is 0 Å². The Morgan fingerprint density at radius 1 is 1.25 bits per heavy atom. The third kappa shape index (κ3) is 2.96. The number of anilines is 2. The Balaban J connectivity index is 2.29. The molecule has 4 nitrogen and oxygen atoms in total. The molecule has 0 aliphatic carbocycles. The van der Waals surface area contributed by atoms with Crippen molar-refractivity contribution >= 4 is 17.3 Å². The summed E-state index contributed by atoms with van der Waals surface area (Å²) < 4.78 is 0. The molecule has 104 valence electrons. The van der Waals surface area contributed by atoms with Crippen LogP contribution < -0.4 is 10.2 Å². The van der Waals surface area contributed by atoms with Gasteiger partial charge in [0.1, 0.15) is 0 Å². The second kappa shape index (κ2) is 6.19. The minimum atomic E-state index is -0.0489. The van der Waals surface area contributed by atoms with E-state index in [-0.39, 0.29) is 5.91 Å². The van der Waals surface area contributed by atoms with E-state index >= 15 is 0 Å². The normalized spacial score (nSPS) is 10.2. The van der Waals surface area contributed by atoms with Crippen LogP contribution in [-0.4, -0.2) is 24.5 Å². The van der Waals surface area contributed by atoms with Gasteiger partial charge >= 0.3 is 0 Å². The third-order valence-corrected chi connectivity index (χ3v) is 3.14. The lowest BCUT2D eigenvalue weighted by Crippen LogP contribution is -2.27. The molecule has 1 aromatic heterocycles. The number of carbonyl (C=O) groups is 1. The fourth-order valence-corrected chi connectivity index (χ4v) is 1.98. The lowest BCUT2D eigenvalue weighted by atomic mass is 10.1. The smallest absolute Gasteiger partial charge is 0.260 e. The number of amides is 1. The number of hydrogen-bond acceptors (Lipinski definition) is 3. The number of hydrogen-bond donors (Lipinski definition) is 1. The van der Waals surface area contributed by atoms with Crippen molar-refractivity contribution in [3.63, 3.8) is 0 Å². The average molecular weight is 269 g/mol. The van der Waals surface area contributed by atoms with Gasteiger partial charge in [0.25, 0.3) is 5.91 Å². The van der Waals surface area contributed by atoms with Crippen molar-refractivity contribution in [2.45, 2.75) is 13.8 Å². The summed E-state index contributed by atoms with van der Waals surface area (Å²) in [5.74, 6) is -0.0489. The van der Waals surface area contributed by atoms with E-state index < -0.39 is 0 Å². The number of carbonyl (C=O) groups excluding carboxylic acids is 1. The fraction of sp³-hybridized carbons (Fsp3) is 0.250. The van der Waals surface area contributed by atoms with Crippen molar-refractivity contribution in [2.75, 3.05) is 23.8 Å². The van der Waals surface area contributed by atoms with Crippen LogP contribution in [0.5, 0.6) is 0 Å². The molecule has 0 saturated heterocycles. The molecule has 1 N–H and O–H groups in total. The highest BCUT2D eigenvalue weighted by Gasteiger charge is 2.16. The van der Waals surface area contributed by atoms with Crippen LogP contribution in [0.3, 0.4) is 0 Å². The number of nitrogens with one attached hydrogen (secondary N) is 1. The van der Waals surface area contributed by atoms with E-state index in [1.54, 1.807) is 30.4 Å². The molecule has 0 bridgehead atoms. The van der Waals surface area contributed by atoms with Crippen LogP contribution in [0, 0.1) is 6.92 Å². The molecule has 2 rings (SSSR count). The van der Waals surface area contributed by atoms with Gasteiger partial charge in [0, 0.05) is 25.5 Å². The topological polar surface area (TPSA) is 45.2 Å². The molecule has 1 heterocycles. The highest BCUT2D eigenvalue weighted by atomic mass is 16.2. The van der Waals surface area contributed by atoms with Crippen LogP contribution in [-0.2, 0) is 0 Å². The Morgan fingerprint density at radius 2 is 1.95 bits per heavy atom. The van der Waals surface area contributed by atoms with Gasteiger partial charge in [-0.2, -0.15) is 0 Å². The number of aromatic nitrogens is 1. The Labute approximate surface area is 119 Å². The fourth-order valence-electron chi connectivity index (χ4n) is 1.98. The first kappa shape index (κ1) is 14.1. The second-order valence-corrected chi connectivity index (χ2v) is 4.65. The zero-order valence-electron chi connectivity index (χ0n) is 12.1. The Kier molecular flexibility index (Phi) is 4.35. The molecule has 0 radical (unpaired) electrons. The maximum Gasteiger partial charge on any atom is 0.260 e. The molecule has 2 aromatic rings. The van der Waals surface area contributed by atoms with Crippen LogP contribution in [0.4, 0.5) is 11.4 Å². The van der Waals surface area contributed by atoms with Crippen molar-refractivity contribution in [1.29, 1.82) is 0 Å². The largest absolute Gasteiger partial charge is 0.383 e. The number of benzene rings is 1. The number of nitrogens with zero attached hydrogens (tertiary/aromatic N) is 2. The lowest BCUT2D eigenvalue weighted by Gasteiger charge is -2.19. The molecule has 0 atom stereocenters. The van der Waals surface area contributed by atoms with E-state index in [0.29, 0.717) is 5.56 Å². The number of aryl methyl sites for hydroxylation is 1. The summed E-state index contributed by atoms with van der Waals surface area (Å²) in [7, 11) is 1.78. The molecule has 1 amide bonds. The van der Waals surface area contributed by atoms with Crippen LogP contribution in [0.2, 0.25) is 0 Å². The summed E-state index contributed by atoms with van der Waals surface area (Å²) in [5.41, 5.74) is 3.44. The maximum absolute atomic E-state index is 12.6. The average Bonchev–Trinajstić information content (AvgIpc) is 2.47. The lowest BCUT2D eigenvalue weighted by molar-refractivity contribution is 0.0993. The van der Waals surface area contributed by atoms with Crippen molar-refractivity contribution in [2.24, 2.45) is 0 Å². The van der Waals surface area contributed by atoms with Crippen LogP contribution in [0.1, 0.15) is 22.8 Å². The van der Waals surface area contributed by atoms with Gasteiger partial charge in [-0.05, 0) is 32.0 Å². The SMILES string of the molecule is CCNc1cnccc1C(=O)N(C)c1ccc(C)cc1. The maximum atomic E-state index is 12.6. The first-order chi connectivity index (χ1) is 9.63. The molecular formula is C16H19N3O. The molecule has 20 heavy (non-hydrogen) atoms. The molecule has 0 saturated carbocycles. The van der Waals surface area contributed by atoms with Gasteiger partial charge in [-0.25, -0.2) is 0 Å². The summed E-state index contributed by atoms with van der Waals surface area (Å²) in [6, 6.07) is 9.63. The molecule has 1 aromatic carbocycles. The van der Waals surface area contributed by atoms with Crippen LogP contribution in [0.25, 0.3) is 0 Å². The Morgan fingerprint density at radius 3 is 2.60 bits per heavy atom. The van der Waals surface area contributed by atoms with Gasteiger partial charge in [-0.15, -0.1) is 0 Å². The zero-order valence-corrected chi connectivity index (χ0v) is 12.1. The van der Waals surface area contributed by atoms with Gasteiger partial charge in [-0.3, -0.25) is 9.78 Å². The van der Waals surface area contributed by atoms with E-state index in [1.165, 1.54) is 5.56 Å². The summed E-state index contributed by atoms with van der Waals surface area (Å²) in [6.45, 7) is 4.77. The molecule has 0 fully saturated rings. The van der Waals surface area contributed by atoms with Crippen LogP contribution >= 0.6 is 0 Å². The minimum Gasteiger partial charge on any atom is -0.383 e. The van der Waals surface area contributed by atoms with Crippen molar-refractivity contribution < 1.29 is 4.79 Å². The molecule has 0 spiro atoms. The van der Waals surface area contributed by atoms with E-state index in [0.717, 1.165) is 17.9 Å². The standard InChI is InChI=1S/C16H19N3O/c1-4-18-15-11-17-10-9-14(15)16(20)19(3)13-7-5-12(2)6-8-13/h5-11,18H,4H2,1-3H3. The summed E-state index contributed by atoms with van der Waals surface area (Å²) in [4.78, 5) is 18.3. The predicted molar refractivity (Wildman–Crippen MR) is 82.3 cm³/mol. The molecular weight excluding hydrogens is 250 g/mol. The predicted octanol–water partition coefficient (Wildman–Crippen LogP) is 3.10. The van der Waals surface area contributed by atoms with Crippen molar-refractivity contribution in [3.8, 4) is 0 Å². The monoisotopic (exact) mass is 269 g/mol. The van der Waals surface area contributed by atoms with E-state index in [9.17, 15) is 4.79 Å².